The Balaban J connectivity index is 2.50. The molecule has 0 aromatic rings. The Bertz CT molecular complexity index is 539. The molecule has 5 unspecified atom stereocenters. The van der Waals surface area contributed by atoms with Crippen molar-refractivity contribution in [1.29, 1.82) is 0 Å². The number of Topliss-reactive ketones (excluding diaryl/α,β-unsaturated/α-hetero) is 2. The largest absolute Gasteiger partial charge is 0.469 e. The SMILES string of the molecule is CCCCC(C)C(=O)CCC1C(O)CC(=O)C1C/C=C/CC(C)CC(=O)OC. The number of hydrogen-bond donors (Lipinski definition) is 1. The van der Waals surface area contributed by atoms with Gasteiger partial charge >= 0.3 is 5.97 Å². The van der Waals surface area contributed by atoms with Gasteiger partial charge in [-0.1, -0.05) is 45.8 Å². The van der Waals surface area contributed by atoms with E-state index in [0.29, 0.717) is 25.7 Å². The molecule has 0 spiro atoms. The molecule has 0 aliphatic heterocycles. The summed E-state index contributed by atoms with van der Waals surface area (Å²) in [6.45, 7) is 6.08. The summed E-state index contributed by atoms with van der Waals surface area (Å²) in [5.74, 6) is 0.0263. The number of aliphatic hydroxyl groups excluding tert-OH is 1. The minimum absolute atomic E-state index is 0.0591. The van der Waals surface area contributed by atoms with Crippen molar-refractivity contribution in [2.45, 2.75) is 84.7 Å². The van der Waals surface area contributed by atoms with Gasteiger partial charge in [0.05, 0.1) is 13.2 Å². The second kappa shape index (κ2) is 12.9. The van der Waals surface area contributed by atoms with Crippen LogP contribution in [0.4, 0.5) is 0 Å². The predicted molar refractivity (Wildman–Crippen MR) is 110 cm³/mol. The molecule has 0 saturated heterocycles. The molecule has 5 heteroatoms. The van der Waals surface area contributed by atoms with E-state index in [9.17, 15) is 19.5 Å². The Morgan fingerprint density at radius 2 is 2.00 bits per heavy atom. The van der Waals surface area contributed by atoms with Crippen LogP contribution in [0.1, 0.15) is 78.6 Å². The third kappa shape index (κ3) is 8.26. The zero-order valence-electron chi connectivity index (χ0n) is 18.0. The van der Waals surface area contributed by atoms with E-state index in [-0.39, 0.29) is 47.6 Å². The lowest BCUT2D eigenvalue weighted by Gasteiger charge is -2.20. The monoisotopic (exact) mass is 394 g/mol. The number of methoxy groups -OCH3 is 1. The normalized spacial score (nSPS) is 24.5. The standard InChI is InChI=1S/C23H38O5/c1-5-6-10-17(3)20(24)13-12-19-18(21(25)15-22(19)26)11-8-7-9-16(2)14-23(27)28-4/h7-8,16-19,22,26H,5-6,9-15H2,1-4H3/b8-7+. The molecule has 5 atom stereocenters. The Kier molecular flexibility index (Phi) is 11.3. The highest BCUT2D eigenvalue weighted by Crippen LogP contribution is 2.35. The van der Waals surface area contributed by atoms with Crippen LogP contribution in [0.2, 0.25) is 0 Å². The first kappa shape index (κ1) is 24.5. The summed E-state index contributed by atoms with van der Waals surface area (Å²) in [5, 5.41) is 10.3. The first-order chi connectivity index (χ1) is 13.3. The molecule has 28 heavy (non-hydrogen) atoms. The van der Waals surface area contributed by atoms with Crippen molar-refractivity contribution in [1.82, 2.24) is 0 Å². The van der Waals surface area contributed by atoms with Crippen LogP contribution in [0.15, 0.2) is 12.2 Å². The van der Waals surface area contributed by atoms with E-state index in [1.807, 2.05) is 26.0 Å². The van der Waals surface area contributed by atoms with Crippen LogP contribution >= 0.6 is 0 Å². The van der Waals surface area contributed by atoms with Crippen LogP contribution in [-0.4, -0.2) is 35.9 Å². The molecule has 1 saturated carbocycles. The highest BCUT2D eigenvalue weighted by Gasteiger charge is 2.40. The molecule has 160 valence electrons. The average molecular weight is 395 g/mol. The van der Waals surface area contributed by atoms with E-state index >= 15 is 0 Å². The lowest BCUT2D eigenvalue weighted by molar-refractivity contribution is -0.141. The molecule has 1 rings (SSSR count). The minimum Gasteiger partial charge on any atom is -0.469 e. The lowest BCUT2D eigenvalue weighted by Crippen LogP contribution is -2.22. The number of carbonyl (C=O) groups excluding carboxylic acids is 3. The molecule has 1 fully saturated rings. The maximum Gasteiger partial charge on any atom is 0.305 e. The maximum absolute atomic E-state index is 12.3. The van der Waals surface area contributed by atoms with E-state index in [2.05, 4.69) is 11.7 Å². The van der Waals surface area contributed by atoms with Crippen molar-refractivity contribution in [3.8, 4) is 0 Å². The van der Waals surface area contributed by atoms with Gasteiger partial charge in [0.25, 0.3) is 0 Å². The van der Waals surface area contributed by atoms with Gasteiger partial charge in [-0.25, -0.2) is 0 Å². The fourth-order valence-electron chi connectivity index (χ4n) is 3.96. The topological polar surface area (TPSA) is 80.7 Å². The Hall–Kier alpha value is -1.49. The molecule has 0 radical (unpaired) electrons. The molecule has 0 aromatic carbocycles. The van der Waals surface area contributed by atoms with Crippen molar-refractivity contribution >= 4 is 17.5 Å². The molecule has 5 nitrogen and oxygen atoms in total. The molecular formula is C23H38O5. The molecule has 0 heterocycles. The highest BCUT2D eigenvalue weighted by atomic mass is 16.5. The van der Waals surface area contributed by atoms with E-state index in [1.54, 1.807) is 0 Å². The van der Waals surface area contributed by atoms with Crippen LogP contribution < -0.4 is 0 Å². The fourth-order valence-corrected chi connectivity index (χ4v) is 3.96. The quantitative estimate of drug-likeness (QED) is 0.373. The number of hydrogen-bond acceptors (Lipinski definition) is 5. The molecule has 1 aliphatic rings. The van der Waals surface area contributed by atoms with Gasteiger partial charge in [0.1, 0.15) is 11.6 Å². The summed E-state index contributed by atoms with van der Waals surface area (Å²) in [5.41, 5.74) is 0. The fraction of sp³-hybridized carbons (Fsp3) is 0.783. The number of unbranched alkanes of at least 4 members (excludes halogenated alkanes) is 1. The Labute approximate surface area is 169 Å². The third-order valence-corrected chi connectivity index (χ3v) is 5.94. The summed E-state index contributed by atoms with van der Waals surface area (Å²) >= 11 is 0. The Morgan fingerprint density at radius 1 is 1.29 bits per heavy atom. The molecular weight excluding hydrogens is 356 g/mol. The van der Waals surface area contributed by atoms with Crippen molar-refractivity contribution in [3.05, 3.63) is 12.2 Å². The summed E-state index contributed by atoms with van der Waals surface area (Å²) < 4.78 is 4.67. The number of rotatable bonds is 13. The smallest absolute Gasteiger partial charge is 0.305 e. The van der Waals surface area contributed by atoms with Crippen LogP contribution in [0.25, 0.3) is 0 Å². The number of aliphatic hydroxyl groups is 1. The highest BCUT2D eigenvalue weighted by molar-refractivity contribution is 5.85. The van der Waals surface area contributed by atoms with Crippen molar-refractivity contribution in [3.63, 3.8) is 0 Å². The van der Waals surface area contributed by atoms with E-state index in [4.69, 9.17) is 0 Å². The molecule has 0 aromatic heterocycles. The van der Waals surface area contributed by atoms with Crippen molar-refractivity contribution in [2.75, 3.05) is 7.11 Å². The molecule has 1 N–H and O–H groups in total. The van der Waals surface area contributed by atoms with Gasteiger partial charge in [-0.3, -0.25) is 14.4 Å². The predicted octanol–water partition coefficient (Wildman–Crippen LogP) is 4.26. The number of allylic oxidation sites excluding steroid dienone is 2. The van der Waals surface area contributed by atoms with Crippen molar-refractivity contribution in [2.24, 2.45) is 23.7 Å². The van der Waals surface area contributed by atoms with Gasteiger partial charge in [0, 0.05) is 31.1 Å². The van der Waals surface area contributed by atoms with E-state index in [0.717, 1.165) is 25.7 Å². The van der Waals surface area contributed by atoms with Gasteiger partial charge in [-0.05, 0) is 37.5 Å². The molecule has 1 aliphatic carbocycles. The number of ether oxygens (including phenoxy) is 1. The summed E-state index contributed by atoms with van der Waals surface area (Å²) in [6, 6.07) is 0. The Morgan fingerprint density at radius 3 is 2.64 bits per heavy atom. The first-order valence-electron chi connectivity index (χ1n) is 10.7. The number of carbonyl (C=O) groups is 3. The van der Waals surface area contributed by atoms with E-state index in [1.165, 1.54) is 7.11 Å². The van der Waals surface area contributed by atoms with Crippen LogP contribution in [0.3, 0.4) is 0 Å². The van der Waals surface area contributed by atoms with Crippen LogP contribution in [-0.2, 0) is 19.1 Å². The van der Waals surface area contributed by atoms with Gasteiger partial charge in [0.2, 0.25) is 0 Å². The third-order valence-electron chi connectivity index (χ3n) is 5.94. The average Bonchev–Trinajstić information content (AvgIpc) is 2.93. The number of esters is 1. The van der Waals surface area contributed by atoms with Gasteiger partial charge in [-0.2, -0.15) is 0 Å². The van der Waals surface area contributed by atoms with Gasteiger partial charge in [0.15, 0.2) is 0 Å². The number of ketones is 2. The minimum atomic E-state index is -0.636. The molecule has 0 bridgehead atoms. The summed E-state index contributed by atoms with van der Waals surface area (Å²) in [4.78, 5) is 35.9. The second-order valence-electron chi connectivity index (χ2n) is 8.38. The van der Waals surface area contributed by atoms with Crippen molar-refractivity contribution < 1.29 is 24.2 Å². The zero-order chi connectivity index (χ0) is 21.1. The maximum atomic E-state index is 12.3. The lowest BCUT2D eigenvalue weighted by atomic mass is 9.85. The van der Waals surface area contributed by atoms with Crippen LogP contribution in [0.5, 0.6) is 0 Å². The van der Waals surface area contributed by atoms with Crippen LogP contribution in [0, 0.1) is 23.7 Å². The zero-order valence-corrected chi connectivity index (χ0v) is 18.0. The van der Waals surface area contributed by atoms with Gasteiger partial charge < -0.3 is 9.84 Å². The van der Waals surface area contributed by atoms with E-state index < -0.39 is 6.10 Å². The summed E-state index contributed by atoms with van der Waals surface area (Å²) in [7, 11) is 1.39. The second-order valence-corrected chi connectivity index (χ2v) is 8.38. The van der Waals surface area contributed by atoms with Gasteiger partial charge in [-0.15, -0.1) is 0 Å². The first-order valence-corrected chi connectivity index (χ1v) is 10.7. The summed E-state index contributed by atoms with van der Waals surface area (Å²) in [6.07, 6.45) is 9.33. The molecule has 0 amide bonds.